The van der Waals surface area contributed by atoms with Crippen LogP contribution in [0.25, 0.3) is 17.1 Å². The third-order valence-corrected chi connectivity index (χ3v) is 6.25. The molecule has 0 atom stereocenters. The molecule has 3 N–H and O–H groups in total. The van der Waals surface area contributed by atoms with E-state index in [2.05, 4.69) is 115 Å². The van der Waals surface area contributed by atoms with Gasteiger partial charge in [0.15, 0.2) is 11.0 Å². The van der Waals surface area contributed by atoms with Crippen LogP contribution in [0.5, 0.6) is 0 Å². The number of thioether (sulfide) groups is 1. The Hall–Kier alpha value is -2.76. The van der Waals surface area contributed by atoms with Crippen molar-refractivity contribution < 1.29 is 9.88 Å². The first kappa shape index (κ1) is 21.9. The normalized spacial score (nSPS) is 12.5. The summed E-state index contributed by atoms with van der Waals surface area (Å²) >= 11 is 1.88. The zero-order chi connectivity index (χ0) is 21.3. The number of nitrogens with two attached hydrogens (primary N) is 1. The van der Waals surface area contributed by atoms with Gasteiger partial charge in [0, 0.05) is 18.0 Å². The molecular formula is C25H32N4S+2. The third-order valence-electron chi connectivity index (χ3n) is 5.03. The lowest BCUT2D eigenvalue weighted by molar-refractivity contribution is -0.685. The Morgan fingerprint density at radius 2 is 1.90 bits per heavy atom. The van der Waals surface area contributed by atoms with Crippen LogP contribution in [0.2, 0.25) is 0 Å². The van der Waals surface area contributed by atoms with Crippen molar-refractivity contribution in [2.75, 3.05) is 24.7 Å². The maximum Gasteiger partial charge on any atom is 0.318 e. The Morgan fingerprint density at radius 3 is 2.60 bits per heavy atom. The van der Waals surface area contributed by atoms with Crippen LogP contribution in [0.3, 0.4) is 0 Å². The number of anilines is 1. The summed E-state index contributed by atoms with van der Waals surface area (Å²) in [5, 5.41) is 6.84. The monoisotopic (exact) mass is 420 g/mol. The minimum absolute atomic E-state index is 0.919. The fraction of sp³-hybridized carbons (Fsp3) is 0.240. The predicted octanol–water partition coefficient (Wildman–Crippen LogP) is 3.87. The number of rotatable bonds is 9. The van der Waals surface area contributed by atoms with Crippen LogP contribution in [-0.4, -0.2) is 23.9 Å². The van der Waals surface area contributed by atoms with E-state index in [9.17, 15) is 0 Å². The number of aromatic nitrogens is 2. The number of nitrogens with zero attached hydrogens (tertiary/aromatic N) is 2. The van der Waals surface area contributed by atoms with Crippen LogP contribution in [0, 0.1) is 0 Å². The summed E-state index contributed by atoms with van der Waals surface area (Å²) in [5.41, 5.74) is 6.09. The summed E-state index contributed by atoms with van der Waals surface area (Å²) < 4.78 is 4.54. The quantitative estimate of drug-likeness (QED) is 0.239. The first-order chi connectivity index (χ1) is 14.6. The van der Waals surface area contributed by atoms with Crippen molar-refractivity contribution >= 4 is 34.6 Å². The highest BCUT2D eigenvalue weighted by molar-refractivity contribution is 7.99. The number of hydrogen-bond acceptors (Lipinski definition) is 2. The lowest BCUT2D eigenvalue weighted by Gasteiger charge is -2.06. The lowest BCUT2D eigenvalue weighted by atomic mass is 10.1. The van der Waals surface area contributed by atoms with Gasteiger partial charge in [-0.2, -0.15) is 0 Å². The highest BCUT2D eigenvalue weighted by Crippen LogP contribution is 2.20. The molecule has 156 valence electrons. The largest absolute Gasteiger partial charge is 0.384 e. The minimum Gasteiger partial charge on any atom is -0.384 e. The van der Waals surface area contributed by atoms with Crippen LogP contribution in [0.4, 0.5) is 5.69 Å². The second-order valence-electron chi connectivity index (χ2n) is 7.10. The van der Waals surface area contributed by atoms with Crippen molar-refractivity contribution in [3.63, 3.8) is 0 Å². The summed E-state index contributed by atoms with van der Waals surface area (Å²) in [6, 6.07) is 17.1. The summed E-state index contributed by atoms with van der Waals surface area (Å²) in [5.74, 6) is 1.01. The SMILES string of the molecule is C/C=C(\C=C/[NH2+]C)/C=C/c1ccc(NCCSc2n(C)c3ccccc3[n+]2C)cc1. The van der Waals surface area contributed by atoms with Gasteiger partial charge >= 0.3 is 5.16 Å². The van der Waals surface area contributed by atoms with E-state index < -0.39 is 0 Å². The highest BCUT2D eigenvalue weighted by atomic mass is 32.2. The van der Waals surface area contributed by atoms with E-state index in [1.165, 1.54) is 27.3 Å². The van der Waals surface area contributed by atoms with Crippen molar-refractivity contribution in [1.82, 2.24) is 4.57 Å². The lowest BCUT2D eigenvalue weighted by Crippen LogP contribution is -2.72. The van der Waals surface area contributed by atoms with Crippen LogP contribution >= 0.6 is 11.8 Å². The molecule has 0 aliphatic heterocycles. The van der Waals surface area contributed by atoms with Gasteiger partial charge < -0.3 is 10.6 Å². The van der Waals surface area contributed by atoms with Crippen molar-refractivity contribution in [3.8, 4) is 0 Å². The summed E-state index contributed by atoms with van der Waals surface area (Å²) in [7, 11) is 6.30. The molecule has 0 aliphatic carbocycles. The number of allylic oxidation sites excluding steroid dienone is 4. The first-order valence-corrected chi connectivity index (χ1v) is 11.3. The standard InChI is InChI=1S/C25H31N4S/c1-5-20(16-17-26-2)10-11-21-12-14-22(15-13-21)27-18-19-30-25-28(3)23-8-6-7-9-24(23)29(25)4/h5-17,26-27H,18-19H2,1-4H3/q+1/p+1/b11-10+,17-16-,20-5-. The third kappa shape index (κ3) is 5.43. The zero-order valence-corrected chi connectivity index (χ0v) is 19.1. The van der Waals surface area contributed by atoms with Crippen molar-refractivity contribution in [1.29, 1.82) is 0 Å². The van der Waals surface area contributed by atoms with Gasteiger partial charge in [0.2, 0.25) is 0 Å². The molecule has 0 unspecified atom stereocenters. The van der Waals surface area contributed by atoms with E-state index in [0.717, 1.165) is 18.0 Å². The molecular weight excluding hydrogens is 388 g/mol. The number of hydrogen-bond donors (Lipinski definition) is 2. The molecule has 4 nitrogen and oxygen atoms in total. The van der Waals surface area contributed by atoms with Crippen molar-refractivity contribution in [3.05, 3.63) is 84.1 Å². The average Bonchev–Trinajstić information content (AvgIpc) is 3.02. The molecule has 30 heavy (non-hydrogen) atoms. The van der Waals surface area contributed by atoms with Crippen molar-refractivity contribution in [2.45, 2.75) is 12.1 Å². The van der Waals surface area contributed by atoms with Gasteiger partial charge in [-0.1, -0.05) is 42.5 Å². The van der Waals surface area contributed by atoms with E-state index in [1.54, 1.807) is 0 Å². The Balaban J connectivity index is 1.52. The zero-order valence-electron chi connectivity index (χ0n) is 18.3. The van der Waals surface area contributed by atoms with E-state index in [4.69, 9.17) is 0 Å². The fourth-order valence-corrected chi connectivity index (χ4v) is 4.32. The van der Waals surface area contributed by atoms with Crippen molar-refractivity contribution in [2.24, 2.45) is 14.1 Å². The smallest absolute Gasteiger partial charge is 0.318 e. The molecule has 3 rings (SSSR count). The Labute approximate surface area is 184 Å². The van der Waals surface area contributed by atoms with Gasteiger partial charge in [-0.3, -0.25) is 0 Å². The molecule has 0 spiro atoms. The van der Waals surface area contributed by atoms with Crippen LogP contribution < -0.4 is 15.2 Å². The molecule has 0 amide bonds. The van der Waals surface area contributed by atoms with Gasteiger partial charge in [0.25, 0.3) is 0 Å². The van der Waals surface area contributed by atoms with E-state index >= 15 is 0 Å². The molecule has 2 aromatic carbocycles. The second-order valence-corrected chi connectivity index (χ2v) is 8.16. The molecule has 1 heterocycles. The molecule has 0 saturated carbocycles. The van der Waals surface area contributed by atoms with Gasteiger partial charge in [0.05, 0.1) is 27.3 Å². The molecule has 0 bridgehead atoms. The summed E-state index contributed by atoms with van der Waals surface area (Å²) in [6.07, 6.45) is 10.6. The van der Waals surface area contributed by atoms with E-state index in [0.29, 0.717) is 0 Å². The maximum absolute atomic E-state index is 3.53. The molecule has 0 radical (unpaired) electrons. The number of benzene rings is 2. The number of para-hydroxylation sites is 2. The van der Waals surface area contributed by atoms with Gasteiger partial charge in [-0.25, -0.2) is 9.13 Å². The molecule has 3 aromatic rings. The molecule has 1 aromatic heterocycles. The Bertz CT molecular complexity index is 1020. The second kappa shape index (κ2) is 10.9. The van der Waals surface area contributed by atoms with Crippen LogP contribution in [-0.2, 0) is 14.1 Å². The number of fused-ring (bicyclic) bond motifs is 1. The number of nitrogens with one attached hydrogen (secondary N) is 1. The topological polar surface area (TPSA) is 37.5 Å². The molecule has 0 fully saturated rings. The summed E-state index contributed by atoms with van der Waals surface area (Å²) in [6.45, 7) is 2.98. The number of aryl methyl sites for hydroxylation is 2. The minimum atomic E-state index is 0.919. The van der Waals surface area contributed by atoms with Gasteiger partial charge in [0.1, 0.15) is 0 Å². The number of quaternary nitrogens is 1. The molecule has 5 heteroatoms. The average molecular weight is 421 g/mol. The highest BCUT2D eigenvalue weighted by Gasteiger charge is 2.19. The Morgan fingerprint density at radius 1 is 1.13 bits per heavy atom. The van der Waals surface area contributed by atoms with Crippen LogP contribution in [0.1, 0.15) is 12.5 Å². The predicted molar refractivity (Wildman–Crippen MR) is 130 cm³/mol. The van der Waals surface area contributed by atoms with Gasteiger partial charge in [-0.15, -0.1) is 0 Å². The van der Waals surface area contributed by atoms with Gasteiger partial charge in [-0.05, 0) is 60.2 Å². The van der Waals surface area contributed by atoms with E-state index in [1.807, 2.05) is 24.1 Å². The molecule has 0 saturated heterocycles. The molecule has 0 aliphatic rings. The Kier molecular flexibility index (Phi) is 7.94. The van der Waals surface area contributed by atoms with E-state index in [-0.39, 0.29) is 0 Å². The fourth-order valence-electron chi connectivity index (χ4n) is 3.35. The first-order valence-electron chi connectivity index (χ1n) is 10.3. The van der Waals surface area contributed by atoms with Crippen LogP contribution in [0.15, 0.2) is 83.7 Å². The number of imidazole rings is 1. The summed E-state index contributed by atoms with van der Waals surface area (Å²) in [4.78, 5) is 0. The maximum atomic E-state index is 3.53.